The number of benzene rings is 2. The largest absolute Gasteiger partial charge is 0.497 e. The van der Waals surface area contributed by atoms with Crippen LogP contribution in [0.2, 0.25) is 0 Å². The molecule has 0 radical (unpaired) electrons. The molecule has 3 unspecified atom stereocenters. The predicted molar refractivity (Wildman–Crippen MR) is 178 cm³/mol. The van der Waals surface area contributed by atoms with Crippen LogP contribution in [-0.4, -0.2) is 95.5 Å². The Bertz CT molecular complexity index is 1640. The van der Waals surface area contributed by atoms with Crippen molar-refractivity contribution >= 4 is 34.3 Å². The molecule has 1 saturated heterocycles. The smallest absolute Gasteiger partial charge is 0.231 e. The molecule has 1 N–H and O–H groups in total. The fourth-order valence-corrected chi connectivity index (χ4v) is 8.94. The minimum Gasteiger partial charge on any atom is -0.497 e. The molecule has 3 fully saturated rings. The van der Waals surface area contributed by atoms with Crippen LogP contribution in [0.3, 0.4) is 0 Å². The number of ether oxygens (including phenoxy) is 1. The third kappa shape index (κ3) is 5.33. The predicted octanol–water partition coefficient (Wildman–Crippen LogP) is 4.54. The number of hydrogen-bond donors (Lipinski definition) is 1. The summed E-state index contributed by atoms with van der Waals surface area (Å²) in [6, 6.07) is 12.6. The van der Waals surface area contributed by atoms with Crippen LogP contribution in [0, 0.1) is 5.41 Å². The van der Waals surface area contributed by atoms with Gasteiger partial charge >= 0.3 is 0 Å². The number of fused-ring (bicyclic) bond motifs is 7. The minimum absolute atomic E-state index is 0.127. The lowest BCUT2D eigenvalue weighted by atomic mass is 9.81. The molecular formula is C35H45N5O4S. The maximum absolute atomic E-state index is 14.7. The van der Waals surface area contributed by atoms with Crippen molar-refractivity contribution in [3.8, 4) is 17.0 Å². The summed E-state index contributed by atoms with van der Waals surface area (Å²) in [4.78, 5) is 31.1. The molecule has 2 saturated carbocycles. The van der Waals surface area contributed by atoms with Crippen molar-refractivity contribution in [1.82, 2.24) is 23.4 Å². The molecule has 7 rings (SSSR count). The van der Waals surface area contributed by atoms with Crippen LogP contribution in [0.15, 0.2) is 36.4 Å². The van der Waals surface area contributed by atoms with E-state index < -0.39 is 16.6 Å². The maximum Gasteiger partial charge on any atom is 0.231 e. The number of methoxy groups -OCH3 is 1. The van der Waals surface area contributed by atoms with Gasteiger partial charge in [0.2, 0.25) is 5.91 Å². The van der Waals surface area contributed by atoms with Crippen molar-refractivity contribution in [1.29, 1.82) is 0 Å². The summed E-state index contributed by atoms with van der Waals surface area (Å²) in [7, 11) is 5.26. The molecule has 2 aliphatic heterocycles. The van der Waals surface area contributed by atoms with Crippen LogP contribution in [0.25, 0.3) is 22.2 Å². The van der Waals surface area contributed by atoms with Crippen LogP contribution in [0.1, 0.15) is 71.8 Å². The van der Waals surface area contributed by atoms with Gasteiger partial charge in [-0.05, 0) is 67.6 Å². The molecule has 240 valence electrons. The van der Waals surface area contributed by atoms with Gasteiger partial charge in [0.25, 0.3) is 0 Å². The maximum atomic E-state index is 14.7. The minimum atomic E-state index is -1.19. The van der Waals surface area contributed by atoms with Crippen molar-refractivity contribution in [2.24, 2.45) is 5.41 Å². The third-order valence-corrected chi connectivity index (χ3v) is 12.1. The van der Waals surface area contributed by atoms with Crippen molar-refractivity contribution < 1.29 is 18.5 Å². The second-order valence-electron chi connectivity index (χ2n) is 13.4. The van der Waals surface area contributed by atoms with E-state index in [2.05, 4.69) is 43.4 Å². The Morgan fingerprint density at radius 3 is 2.60 bits per heavy atom. The Balaban J connectivity index is 1.25. The number of rotatable bonds is 9. The van der Waals surface area contributed by atoms with Gasteiger partial charge in [-0.15, -0.1) is 0 Å². The zero-order chi connectivity index (χ0) is 31.3. The summed E-state index contributed by atoms with van der Waals surface area (Å²) >= 11 is -1.19. The molecule has 3 aromatic rings. The number of carbonyl (C=O) groups is 2. The average Bonchev–Trinajstić information content (AvgIpc) is 3.76. The number of nitrogens with one attached hydrogen (secondary N) is 1. The lowest BCUT2D eigenvalue weighted by molar-refractivity contribution is -0.139. The standard InChI is InChI=1S/C35H45N5O4S/c1-36-45(43)37(2)13-14-38-15-17-39(18-16-38)34(42)35-21-30(35)29-20-26(44-3)10-12-27(29)33-32(25-7-5-4-6-8-25)28-11-9-24(22-41)19-31(28)40(33)23-35/h9-12,19-20,22,25,30,36H,4-8,13-18,21,23H2,1-3H3. The summed E-state index contributed by atoms with van der Waals surface area (Å²) < 4.78 is 24.7. The Morgan fingerprint density at radius 2 is 1.89 bits per heavy atom. The molecule has 4 aliphatic rings. The number of carbonyl (C=O) groups excluding carboxylic acids is 2. The highest BCUT2D eigenvalue weighted by atomic mass is 32.2. The Morgan fingerprint density at radius 1 is 1.11 bits per heavy atom. The average molecular weight is 632 g/mol. The molecule has 10 heteroatoms. The monoisotopic (exact) mass is 631 g/mol. The van der Waals surface area contributed by atoms with Crippen molar-refractivity contribution in [3.63, 3.8) is 0 Å². The topological polar surface area (TPSA) is 87.1 Å². The van der Waals surface area contributed by atoms with E-state index in [0.717, 1.165) is 43.6 Å². The highest BCUT2D eigenvalue weighted by Gasteiger charge is 2.64. The quantitative estimate of drug-likeness (QED) is 0.351. The van der Waals surface area contributed by atoms with Crippen molar-refractivity contribution in [3.05, 3.63) is 53.1 Å². The summed E-state index contributed by atoms with van der Waals surface area (Å²) in [6.07, 6.45) is 7.85. The normalized spacial score (nSPS) is 24.1. The summed E-state index contributed by atoms with van der Waals surface area (Å²) in [5, 5.41) is 1.23. The fourth-order valence-electron chi connectivity index (χ4n) is 8.38. The van der Waals surface area contributed by atoms with E-state index in [0.29, 0.717) is 37.7 Å². The number of likely N-dealkylation sites (N-methyl/N-ethyl adjacent to an activating group) is 1. The van der Waals surface area contributed by atoms with Gasteiger partial charge in [0.05, 0.1) is 18.2 Å². The van der Waals surface area contributed by atoms with E-state index in [1.54, 1.807) is 18.5 Å². The molecule has 1 aromatic heterocycles. The zero-order valence-corrected chi connectivity index (χ0v) is 27.5. The molecular weight excluding hydrogens is 586 g/mol. The molecule has 3 atom stereocenters. The second kappa shape index (κ2) is 12.3. The van der Waals surface area contributed by atoms with E-state index in [4.69, 9.17) is 4.74 Å². The highest BCUT2D eigenvalue weighted by Crippen LogP contribution is 2.66. The van der Waals surface area contributed by atoms with Gasteiger partial charge in [0.15, 0.2) is 11.2 Å². The molecule has 1 amide bonds. The van der Waals surface area contributed by atoms with Gasteiger partial charge in [-0.2, -0.15) is 0 Å². The van der Waals surface area contributed by atoms with Crippen LogP contribution < -0.4 is 9.46 Å². The van der Waals surface area contributed by atoms with Crippen LogP contribution in [-0.2, 0) is 22.5 Å². The Labute approximate surface area is 268 Å². The van der Waals surface area contributed by atoms with Crippen LogP contribution in [0.5, 0.6) is 5.75 Å². The lowest BCUT2D eigenvalue weighted by Crippen LogP contribution is -2.52. The van der Waals surface area contributed by atoms with Gasteiger partial charge in [-0.1, -0.05) is 31.4 Å². The van der Waals surface area contributed by atoms with Crippen molar-refractivity contribution in [2.75, 3.05) is 60.5 Å². The van der Waals surface area contributed by atoms with E-state index >= 15 is 0 Å². The van der Waals surface area contributed by atoms with Gasteiger partial charge in [-0.3, -0.25) is 14.5 Å². The van der Waals surface area contributed by atoms with Crippen LogP contribution >= 0.6 is 0 Å². The highest BCUT2D eigenvalue weighted by molar-refractivity contribution is 7.80. The SMILES string of the molecule is CNS(=O)N(C)CCN1CCN(C(=O)C23CC2c2cc(OC)ccc2-c2c(C4CCCCC4)c4ccc(C=O)cc4n2C3)CC1. The van der Waals surface area contributed by atoms with Gasteiger partial charge < -0.3 is 14.2 Å². The molecule has 2 aromatic carbocycles. The number of aromatic nitrogens is 1. The molecule has 2 aliphatic carbocycles. The van der Waals surface area contributed by atoms with E-state index in [9.17, 15) is 13.8 Å². The molecule has 0 bridgehead atoms. The fraction of sp³-hybridized carbons (Fsp3) is 0.543. The molecule has 0 spiro atoms. The first kappa shape index (κ1) is 30.6. The Hall–Kier alpha value is -3.05. The number of amides is 1. The number of aldehydes is 1. The van der Waals surface area contributed by atoms with E-state index in [1.165, 1.54) is 59.9 Å². The first-order chi connectivity index (χ1) is 21.9. The van der Waals surface area contributed by atoms with Crippen molar-refractivity contribution in [2.45, 2.75) is 56.9 Å². The summed E-state index contributed by atoms with van der Waals surface area (Å²) in [5.74, 6) is 1.66. The second-order valence-corrected chi connectivity index (χ2v) is 14.9. The summed E-state index contributed by atoms with van der Waals surface area (Å²) in [5.41, 5.74) is 6.29. The first-order valence-corrected chi connectivity index (χ1v) is 17.6. The molecule has 3 heterocycles. The van der Waals surface area contributed by atoms with E-state index in [-0.39, 0.29) is 11.8 Å². The van der Waals surface area contributed by atoms with Gasteiger partial charge in [0, 0.05) is 80.8 Å². The van der Waals surface area contributed by atoms with Gasteiger partial charge in [-0.25, -0.2) is 13.2 Å². The third-order valence-electron chi connectivity index (χ3n) is 11.0. The molecule has 45 heavy (non-hydrogen) atoms. The number of nitrogens with zero attached hydrogens (tertiary/aromatic N) is 4. The van der Waals surface area contributed by atoms with Crippen LogP contribution in [0.4, 0.5) is 0 Å². The lowest BCUT2D eigenvalue weighted by Gasteiger charge is -2.37. The Kier molecular flexibility index (Phi) is 8.35. The van der Waals surface area contributed by atoms with E-state index in [1.807, 2.05) is 19.2 Å². The molecule has 9 nitrogen and oxygen atoms in total. The number of piperazine rings is 1. The first-order valence-electron chi connectivity index (χ1n) is 16.5. The van der Waals surface area contributed by atoms with Gasteiger partial charge in [0.1, 0.15) is 12.0 Å². The zero-order valence-electron chi connectivity index (χ0n) is 26.7. The summed E-state index contributed by atoms with van der Waals surface area (Å²) in [6.45, 7) is 5.13. The number of hydrogen-bond acceptors (Lipinski definition) is 5.